The predicted octanol–water partition coefficient (Wildman–Crippen LogP) is 3.76. The summed E-state index contributed by atoms with van der Waals surface area (Å²) in [6, 6.07) is 20.1. The lowest BCUT2D eigenvalue weighted by Crippen LogP contribution is -2.35. The monoisotopic (exact) mass is 531 g/mol. The Balaban J connectivity index is 1.18. The maximum Gasteiger partial charge on any atom is 0.270 e. The van der Waals surface area contributed by atoms with Gasteiger partial charge in [0.05, 0.1) is 19.8 Å². The molecule has 196 valence electrons. The van der Waals surface area contributed by atoms with Crippen LogP contribution in [-0.2, 0) is 28.4 Å². The van der Waals surface area contributed by atoms with Crippen molar-refractivity contribution < 1.29 is 19.4 Å². The Morgan fingerprint density at radius 3 is 2.47 bits per heavy atom. The number of aliphatic hydroxyl groups is 1. The highest BCUT2D eigenvalue weighted by atomic mass is 32.1. The quantitative estimate of drug-likeness (QED) is 0.241. The van der Waals surface area contributed by atoms with Crippen LogP contribution >= 0.6 is 11.3 Å². The molecule has 1 unspecified atom stereocenters. The van der Waals surface area contributed by atoms with E-state index in [4.69, 9.17) is 15.2 Å². The van der Waals surface area contributed by atoms with Gasteiger partial charge in [-0.1, -0.05) is 53.8 Å². The summed E-state index contributed by atoms with van der Waals surface area (Å²) in [6.45, 7) is 4.81. The number of nitrogens with two attached hydrogens (primary N) is 1. The van der Waals surface area contributed by atoms with Crippen LogP contribution in [-0.4, -0.2) is 53.8 Å². The molecule has 10 heteroatoms. The lowest BCUT2D eigenvalue weighted by Gasteiger charge is -2.26. The number of morpholine rings is 1. The number of benzene rings is 3. The summed E-state index contributed by atoms with van der Waals surface area (Å²) in [4.78, 5) is 19.1. The third-order valence-corrected chi connectivity index (χ3v) is 7.76. The molecule has 3 aromatic carbocycles. The molecule has 9 nitrogen and oxygen atoms in total. The normalized spacial score (nSPS) is 19.4. The van der Waals surface area contributed by atoms with Crippen LogP contribution in [0.25, 0.3) is 10.8 Å². The van der Waals surface area contributed by atoms with Crippen LogP contribution in [0.15, 0.2) is 60.7 Å². The molecule has 38 heavy (non-hydrogen) atoms. The summed E-state index contributed by atoms with van der Waals surface area (Å²) in [5.74, 6) is -0.608. The van der Waals surface area contributed by atoms with Gasteiger partial charge in [0.25, 0.3) is 5.91 Å². The molecule has 1 aromatic heterocycles. The molecule has 0 radical (unpaired) electrons. The number of aromatic nitrogens is 1. The van der Waals surface area contributed by atoms with Crippen molar-refractivity contribution in [3.8, 4) is 0 Å². The first-order chi connectivity index (χ1) is 18.5. The molecule has 2 fully saturated rings. The topological polar surface area (TPSA) is 125 Å². The molecule has 3 heterocycles. The molecule has 0 spiro atoms. The zero-order valence-electron chi connectivity index (χ0n) is 20.8. The van der Waals surface area contributed by atoms with Crippen molar-refractivity contribution in [3.63, 3.8) is 0 Å². The number of hydrogen-bond donors (Lipinski definition) is 4. The molecular formula is C28H29N5O4S. The summed E-state index contributed by atoms with van der Waals surface area (Å²) in [5.41, 5.74) is 9.05. The molecule has 2 aliphatic heterocycles. The number of carbonyl (C=O) groups is 1. The lowest BCUT2D eigenvalue weighted by molar-refractivity contribution is 0.0342. The minimum atomic E-state index is -0.709. The van der Waals surface area contributed by atoms with Crippen molar-refractivity contribution in [2.45, 2.75) is 18.9 Å². The van der Waals surface area contributed by atoms with Crippen molar-refractivity contribution >= 4 is 43.8 Å². The van der Waals surface area contributed by atoms with Gasteiger partial charge in [0.2, 0.25) is 0 Å². The van der Waals surface area contributed by atoms with Crippen LogP contribution < -0.4 is 16.4 Å². The number of ether oxygens (including phenoxy) is 2. The molecule has 1 amide bonds. The van der Waals surface area contributed by atoms with E-state index in [2.05, 4.69) is 44.8 Å². The van der Waals surface area contributed by atoms with Crippen molar-refractivity contribution in [2.75, 3.05) is 43.5 Å². The second kappa shape index (κ2) is 10.3. The van der Waals surface area contributed by atoms with E-state index in [1.54, 1.807) is 0 Å². The largest absolute Gasteiger partial charge is 0.392 e. The number of anilines is 3. The number of amides is 1. The Bertz CT molecular complexity index is 1460. The molecular weight excluding hydrogens is 502 g/mol. The fourth-order valence-electron chi connectivity index (χ4n) is 4.68. The van der Waals surface area contributed by atoms with E-state index in [9.17, 15) is 9.90 Å². The smallest absolute Gasteiger partial charge is 0.270 e. The fourth-order valence-corrected chi connectivity index (χ4v) is 5.64. The average Bonchev–Trinajstić information content (AvgIpc) is 3.61. The van der Waals surface area contributed by atoms with E-state index in [1.807, 2.05) is 36.4 Å². The van der Waals surface area contributed by atoms with Crippen molar-refractivity contribution in [1.29, 1.82) is 0 Å². The van der Waals surface area contributed by atoms with Gasteiger partial charge in [-0.25, -0.2) is 4.98 Å². The van der Waals surface area contributed by atoms with Gasteiger partial charge in [-0.15, -0.1) is 0 Å². The molecule has 2 aliphatic rings. The van der Waals surface area contributed by atoms with Gasteiger partial charge >= 0.3 is 0 Å². The van der Waals surface area contributed by atoms with E-state index in [0.717, 1.165) is 60.4 Å². The van der Waals surface area contributed by atoms with Crippen molar-refractivity contribution in [2.24, 2.45) is 5.73 Å². The van der Waals surface area contributed by atoms with Gasteiger partial charge in [0, 0.05) is 30.9 Å². The Hall–Kier alpha value is -3.54. The Morgan fingerprint density at radius 1 is 1.05 bits per heavy atom. The summed E-state index contributed by atoms with van der Waals surface area (Å²) < 4.78 is 11.3. The first-order valence-electron chi connectivity index (χ1n) is 12.5. The number of nitrogens with zero attached hydrogens (tertiary/aromatic N) is 2. The average molecular weight is 532 g/mol. The molecule has 0 bridgehead atoms. The van der Waals surface area contributed by atoms with Crippen LogP contribution in [0.3, 0.4) is 0 Å². The number of nitrogens with one attached hydrogen (secondary N) is 2. The second-order valence-electron chi connectivity index (χ2n) is 9.57. The highest BCUT2D eigenvalue weighted by molar-refractivity contribution is 7.20. The number of rotatable bonds is 9. The van der Waals surface area contributed by atoms with Gasteiger partial charge in [-0.05, 0) is 40.1 Å². The Morgan fingerprint density at radius 2 is 1.76 bits per heavy atom. The van der Waals surface area contributed by atoms with Crippen LogP contribution in [0, 0.1) is 0 Å². The minimum Gasteiger partial charge on any atom is -0.392 e. The van der Waals surface area contributed by atoms with E-state index in [1.165, 1.54) is 16.9 Å². The van der Waals surface area contributed by atoms with E-state index in [-0.39, 0.29) is 12.3 Å². The first kappa shape index (κ1) is 24.8. The third-order valence-electron chi connectivity index (χ3n) is 6.88. The first-order valence-corrected chi connectivity index (χ1v) is 13.4. The lowest BCUT2D eigenvalue weighted by atomic mass is 10.0. The maximum atomic E-state index is 12.2. The van der Waals surface area contributed by atoms with E-state index in [0.29, 0.717) is 16.7 Å². The number of aliphatic hydroxyl groups excluding tert-OH is 1. The Kier molecular flexibility index (Phi) is 6.73. The van der Waals surface area contributed by atoms with Gasteiger partial charge in [-0.3, -0.25) is 9.69 Å². The van der Waals surface area contributed by atoms with Gasteiger partial charge in [-0.2, -0.15) is 0 Å². The highest BCUT2D eigenvalue weighted by Crippen LogP contribution is 2.43. The summed E-state index contributed by atoms with van der Waals surface area (Å²) in [5, 5.41) is 19.2. The van der Waals surface area contributed by atoms with Crippen LogP contribution in [0.2, 0.25) is 0 Å². The second-order valence-corrected chi connectivity index (χ2v) is 10.6. The summed E-state index contributed by atoms with van der Waals surface area (Å²) in [6.07, 6.45) is 0. The zero-order chi connectivity index (χ0) is 26.1. The molecule has 1 atom stereocenters. The summed E-state index contributed by atoms with van der Waals surface area (Å²) in [7, 11) is 0. The molecule has 5 N–H and O–H groups in total. The fraction of sp³-hybridized carbons (Fsp3) is 0.286. The number of epoxide rings is 1. The molecule has 0 saturated carbocycles. The zero-order valence-corrected chi connectivity index (χ0v) is 21.6. The standard InChI is InChI=1S/C28H29N5O4S/c29-25(35)24-26(38-27(31-24)30-23-8-5-20-13-19(16-34)1-4-21(20)14-23)32-28(17-37-28)22-6-2-18(3-7-22)15-33-9-11-36-12-10-33/h1-8,13-14,32,34H,9-12,15-17H2,(H2,29,35)(H,30,31). The third kappa shape index (κ3) is 5.22. The number of primary amides is 1. The molecule has 2 saturated heterocycles. The summed E-state index contributed by atoms with van der Waals surface area (Å²) >= 11 is 1.32. The van der Waals surface area contributed by atoms with Crippen molar-refractivity contribution in [3.05, 3.63) is 83.0 Å². The molecule has 6 rings (SSSR count). The Labute approximate surface area is 224 Å². The highest BCUT2D eigenvalue weighted by Gasteiger charge is 2.48. The van der Waals surface area contributed by atoms with Crippen LogP contribution in [0.5, 0.6) is 0 Å². The number of thiazole rings is 1. The molecule has 0 aliphatic carbocycles. The van der Waals surface area contributed by atoms with Crippen molar-refractivity contribution in [1.82, 2.24) is 9.88 Å². The van der Waals surface area contributed by atoms with Gasteiger partial charge < -0.3 is 30.9 Å². The minimum absolute atomic E-state index is 0.00448. The van der Waals surface area contributed by atoms with Gasteiger partial charge in [0.1, 0.15) is 11.6 Å². The number of hydrogen-bond acceptors (Lipinski definition) is 9. The van der Waals surface area contributed by atoms with E-state index < -0.39 is 11.6 Å². The SMILES string of the molecule is NC(=O)c1nc(Nc2ccc3cc(CO)ccc3c2)sc1NC1(c2ccc(CN3CCOCC3)cc2)CO1. The van der Waals surface area contributed by atoms with E-state index >= 15 is 0 Å². The number of fused-ring (bicyclic) bond motifs is 1. The maximum absolute atomic E-state index is 12.2. The molecule has 4 aromatic rings. The predicted molar refractivity (Wildman–Crippen MR) is 148 cm³/mol. The van der Waals surface area contributed by atoms with Crippen LogP contribution in [0.4, 0.5) is 15.8 Å². The van der Waals surface area contributed by atoms with Crippen LogP contribution in [0.1, 0.15) is 27.2 Å². The number of carbonyl (C=O) groups excluding carboxylic acids is 1. The van der Waals surface area contributed by atoms with Gasteiger partial charge in [0.15, 0.2) is 16.6 Å².